The topological polar surface area (TPSA) is 43.1 Å². The second-order valence-electron chi connectivity index (χ2n) is 4.40. The third kappa shape index (κ3) is 2.29. The van der Waals surface area contributed by atoms with Gasteiger partial charge in [-0.3, -0.25) is 4.79 Å². The van der Waals surface area contributed by atoms with Crippen LogP contribution in [0.1, 0.15) is 42.5 Å². The molecule has 86 valence electrons. The van der Waals surface area contributed by atoms with E-state index in [1.807, 2.05) is 18.2 Å². The second kappa shape index (κ2) is 5.00. The van der Waals surface area contributed by atoms with Crippen LogP contribution in [0.5, 0.6) is 0 Å². The maximum absolute atomic E-state index is 12.3. The van der Waals surface area contributed by atoms with Gasteiger partial charge in [0.05, 0.1) is 5.69 Å². The highest BCUT2D eigenvalue weighted by molar-refractivity contribution is 9.10. The first kappa shape index (κ1) is 11.6. The van der Waals surface area contributed by atoms with Gasteiger partial charge < -0.3 is 5.73 Å². The first-order valence-corrected chi connectivity index (χ1v) is 6.57. The van der Waals surface area contributed by atoms with Crippen LogP contribution in [0.25, 0.3) is 0 Å². The number of rotatable bonds is 2. The maximum Gasteiger partial charge on any atom is 0.168 e. The molecular weight excluding hydrogens is 266 g/mol. The fourth-order valence-corrected chi connectivity index (χ4v) is 2.70. The molecule has 1 aliphatic rings. The van der Waals surface area contributed by atoms with E-state index in [4.69, 9.17) is 5.73 Å². The van der Waals surface area contributed by atoms with Gasteiger partial charge in [0.15, 0.2) is 5.78 Å². The third-order valence-corrected chi connectivity index (χ3v) is 3.99. The summed E-state index contributed by atoms with van der Waals surface area (Å²) in [6, 6.07) is 5.57. The van der Waals surface area contributed by atoms with Crippen molar-refractivity contribution in [3.05, 3.63) is 28.2 Å². The Kier molecular flexibility index (Phi) is 3.64. The van der Waals surface area contributed by atoms with Gasteiger partial charge in [-0.05, 0) is 40.9 Å². The lowest BCUT2D eigenvalue weighted by atomic mass is 9.83. The minimum absolute atomic E-state index is 0.186. The largest absolute Gasteiger partial charge is 0.397 e. The predicted octanol–water partition coefficient (Wildman–Crippen LogP) is 3.79. The molecule has 0 saturated heterocycles. The number of carbonyl (C=O) groups is 1. The number of Topliss-reactive ketones (excluding diaryl/α,β-unsaturated/α-hetero) is 1. The molecule has 1 saturated carbocycles. The quantitative estimate of drug-likeness (QED) is 0.662. The van der Waals surface area contributed by atoms with E-state index >= 15 is 0 Å². The van der Waals surface area contributed by atoms with E-state index in [9.17, 15) is 4.79 Å². The summed E-state index contributed by atoms with van der Waals surface area (Å²) in [5, 5.41) is 0. The molecular formula is C13H16BrNO. The Morgan fingerprint density at radius 2 is 1.94 bits per heavy atom. The minimum Gasteiger partial charge on any atom is -0.397 e. The summed E-state index contributed by atoms with van der Waals surface area (Å²) in [6.45, 7) is 0. The Morgan fingerprint density at radius 3 is 2.62 bits per heavy atom. The molecule has 0 amide bonds. The van der Waals surface area contributed by atoms with Gasteiger partial charge in [-0.1, -0.05) is 25.3 Å². The van der Waals surface area contributed by atoms with E-state index in [2.05, 4.69) is 15.9 Å². The van der Waals surface area contributed by atoms with Gasteiger partial charge in [0.2, 0.25) is 0 Å². The van der Waals surface area contributed by atoms with Crippen LogP contribution >= 0.6 is 15.9 Å². The zero-order chi connectivity index (χ0) is 11.5. The SMILES string of the molecule is Nc1c(Br)cccc1C(=O)C1CCCCC1. The molecule has 1 aromatic rings. The van der Waals surface area contributed by atoms with Crippen molar-refractivity contribution in [2.75, 3.05) is 5.73 Å². The van der Waals surface area contributed by atoms with Crippen LogP contribution < -0.4 is 5.73 Å². The van der Waals surface area contributed by atoms with Crippen molar-refractivity contribution in [1.82, 2.24) is 0 Å². The molecule has 2 N–H and O–H groups in total. The standard InChI is InChI=1S/C13H16BrNO/c14-11-8-4-7-10(12(11)15)13(16)9-5-2-1-3-6-9/h4,7-9H,1-3,5-6,15H2. The highest BCUT2D eigenvalue weighted by atomic mass is 79.9. The smallest absolute Gasteiger partial charge is 0.168 e. The molecule has 0 aromatic heterocycles. The lowest BCUT2D eigenvalue weighted by Gasteiger charge is -2.21. The van der Waals surface area contributed by atoms with Crippen molar-refractivity contribution in [2.24, 2.45) is 5.92 Å². The first-order chi connectivity index (χ1) is 7.70. The van der Waals surface area contributed by atoms with Crippen LogP contribution in [0.15, 0.2) is 22.7 Å². The third-order valence-electron chi connectivity index (χ3n) is 3.29. The normalized spacial score (nSPS) is 17.3. The Hall–Kier alpha value is -0.830. The fourth-order valence-electron chi connectivity index (χ4n) is 2.34. The Bertz CT molecular complexity index is 397. The number of anilines is 1. The Labute approximate surface area is 104 Å². The predicted molar refractivity (Wildman–Crippen MR) is 69.5 cm³/mol. The fraction of sp³-hybridized carbons (Fsp3) is 0.462. The van der Waals surface area contributed by atoms with E-state index in [0.717, 1.165) is 17.3 Å². The highest BCUT2D eigenvalue weighted by Gasteiger charge is 2.24. The molecule has 0 spiro atoms. The molecule has 0 aliphatic heterocycles. The number of nitrogen functional groups attached to an aromatic ring is 1. The summed E-state index contributed by atoms with van der Waals surface area (Å²) < 4.78 is 0.814. The van der Waals surface area contributed by atoms with Crippen molar-refractivity contribution in [3.8, 4) is 0 Å². The highest BCUT2D eigenvalue weighted by Crippen LogP contribution is 2.31. The van der Waals surface area contributed by atoms with Crippen molar-refractivity contribution < 1.29 is 4.79 Å². The van der Waals surface area contributed by atoms with E-state index in [0.29, 0.717) is 11.3 Å². The maximum atomic E-state index is 12.3. The monoisotopic (exact) mass is 281 g/mol. The Balaban J connectivity index is 2.22. The molecule has 16 heavy (non-hydrogen) atoms. The minimum atomic E-state index is 0.186. The van der Waals surface area contributed by atoms with Crippen molar-refractivity contribution in [1.29, 1.82) is 0 Å². The summed E-state index contributed by atoms with van der Waals surface area (Å²) in [5.41, 5.74) is 7.19. The number of benzene rings is 1. The van der Waals surface area contributed by atoms with E-state index in [1.165, 1.54) is 19.3 Å². The number of hydrogen-bond donors (Lipinski definition) is 1. The molecule has 2 nitrogen and oxygen atoms in total. The van der Waals surface area contributed by atoms with Gasteiger partial charge >= 0.3 is 0 Å². The molecule has 0 radical (unpaired) electrons. The molecule has 1 aliphatic carbocycles. The van der Waals surface area contributed by atoms with Gasteiger partial charge in [0.25, 0.3) is 0 Å². The van der Waals surface area contributed by atoms with Gasteiger partial charge in [-0.15, -0.1) is 0 Å². The van der Waals surface area contributed by atoms with E-state index < -0.39 is 0 Å². The van der Waals surface area contributed by atoms with Crippen LogP contribution in [-0.2, 0) is 0 Å². The van der Waals surface area contributed by atoms with Crippen LogP contribution in [-0.4, -0.2) is 5.78 Å². The number of para-hydroxylation sites is 1. The van der Waals surface area contributed by atoms with Gasteiger partial charge in [-0.25, -0.2) is 0 Å². The molecule has 0 heterocycles. The number of nitrogens with two attached hydrogens (primary N) is 1. The Morgan fingerprint density at radius 1 is 1.25 bits per heavy atom. The number of hydrogen-bond acceptors (Lipinski definition) is 2. The van der Waals surface area contributed by atoms with Gasteiger partial charge in [-0.2, -0.15) is 0 Å². The summed E-state index contributed by atoms with van der Waals surface area (Å²) in [7, 11) is 0. The zero-order valence-electron chi connectivity index (χ0n) is 9.21. The zero-order valence-corrected chi connectivity index (χ0v) is 10.8. The van der Waals surface area contributed by atoms with Crippen LogP contribution in [0, 0.1) is 5.92 Å². The van der Waals surface area contributed by atoms with Crippen LogP contribution in [0.4, 0.5) is 5.69 Å². The molecule has 1 aromatic carbocycles. The summed E-state index contributed by atoms with van der Waals surface area (Å²) in [5.74, 6) is 0.406. The lowest BCUT2D eigenvalue weighted by Crippen LogP contribution is -2.19. The van der Waals surface area contributed by atoms with Crippen LogP contribution in [0.3, 0.4) is 0 Å². The average Bonchev–Trinajstić information content (AvgIpc) is 2.33. The number of halogens is 1. The molecule has 3 heteroatoms. The molecule has 0 atom stereocenters. The van der Waals surface area contributed by atoms with E-state index in [-0.39, 0.29) is 11.7 Å². The van der Waals surface area contributed by atoms with Crippen molar-refractivity contribution in [3.63, 3.8) is 0 Å². The van der Waals surface area contributed by atoms with Gasteiger partial charge in [0.1, 0.15) is 0 Å². The van der Waals surface area contributed by atoms with E-state index in [1.54, 1.807) is 0 Å². The molecule has 1 fully saturated rings. The molecule has 2 rings (SSSR count). The lowest BCUT2D eigenvalue weighted by molar-refractivity contribution is 0.0890. The molecule has 0 unspecified atom stereocenters. The van der Waals surface area contributed by atoms with Crippen LogP contribution in [0.2, 0.25) is 0 Å². The molecule has 0 bridgehead atoms. The second-order valence-corrected chi connectivity index (χ2v) is 5.25. The number of ketones is 1. The van der Waals surface area contributed by atoms with Crippen molar-refractivity contribution >= 4 is 27.4 Å². The summed E-state index contributed by atoms with van der Waals surface area (Å²) in [4.78, 5) is 12.3. The van der Waals surface area contributed by atoms with Gasteiger partial charge in [0, 0.05) is 16.0 Å². The summed E-state index contributed by atoms with van der Waals surface area (Å²) in [6.07, 6.45) is 5.64. The number of carbonyl (C=O) groups excluding carboxylic acids is 1. The average molecular weight is 282 g/mol. The van der Waals surface area contributed by atoms with Crippen molar-refractivity contribution in [2.45, 2.75) is 32.1 Å². The summed E-state index contributed by atoms with van der Waals surface area (Å²) >= 11 is 3.36. The first-order valence-electron chi connectivity index (χ1n) is 5.78.